The first kappa shape index (κ1) is 24.4. The van der Waals surface area contributed by atoms with Crippen molar-refractivity contribution in [3.05, 3.63) is 71.8 Å². The van der Waals surface area contributed by atoms with E-state index in [-0.39, 0.29) is 22.4 Å². The van der Waals surface area contributed by atoms with Crippen LogP contribution in [0.1, 0.15) is 36.8 Å². The minimum absolute atomic E-state index is 0. The SMILES string of the molecule is CS(=O)(=O)NCCC[N+]12CCC(C(O)(c3ccccc3)c3ccccc3)(CC1)CC2.[Br-]. The van der Waals surface area contributed by atoms with E-state index in [1.54, 1.807) is 0 Å². The van der Waals surface area contributed by atoms with Crippen molar-refractivity contribution in [3.8, 4) is 0 Å². The standard InChI is InChI=1S/C24H33N2O3S.BrH/c1-30(28,29)25-16-8-17-26-18-13-23(14-19-26,15-20-26)24(27,21-9-4-2-5-10-21)22-11-6-3-7-12-22;/h2-7,9-12,25,27H,8,13-20H2,1H3;1H/q+1;/p-1. The Morgan fingerprint density at radius 1 is 0.935 bits per heavy atom. The number of quaternary nitrogens is 1. The highest BCUT2D eigenvalue weighted by atomic mass is 79.9. The molecule has 0 aromatic heterocycles. The number of halogens is 1. The van der Waals surface area contributed by atoms with Gasteiger partial charge in [0.25, 0.3) is 0 Å². The highest BCUT2D eigenvalue weighted by Crippen LogP contribution is 2.57. The summed E-state index contributed by atoms with van der Waals surface area (Å²) in [6.07, 6.45) is 5.00. The first-order chi connectivity index (χ1) is 14.3. The smallest absolute Gasteiger partial charge is 0.208 e. The van der Waals surface area contributed by atoms with Crippen molar-refractivity contribution in [2.24, 2.45) is 5.41 Å². The molecular formula is C24H33BrN2O3S. The van der Waals surface area contributed by atoms with Crippen LogP contribution < -0.4 is 21.7 Å². The maximum atomic E-state index is 12.4. The average molecular weight is 510 g/mol. The number of hydrogen-bond donors (Lipinski definition) is 2. The lowest BCUT2D eigenvalue weighted by Crippen LogP contribution is -3.00. The number of hydrogen-bond acceptors (Lipinski definition) is 3. The molecule has 2 aromatic carbocycles. The van der Waals surface area contributed by atoms with Crippen molar-refractivity contribution in [1.29, 1.82) is 0 Å². The summed E-state index contributed by atoms with van der Waals surface area (Å²) in [5.74, 6) is 0. The van der Waals surface area contributed by atoms with E-state index >= 15 is 0 Å². The number of sulfonamides is 1. The first-order valence-corrected chi connectivity index (χ1v) is 12.8. The molecule has 2 aromatic rings. The Morgan fingerprint density at radius 3 is 1.81 bits per heavy atom. The fourth-order valence-electron chi connectivity index (χ4n) is 5.75. The Bertz CT molecular complexity index is 903. The number of aliphatic hydroxyl groups is 1. The van der Waals surface area contributed by atoms with Gasteiger partial charge in [0.15, 0.2) is 0 Å². The van der Waals surface area contributed by atoms with E-state index in [4.69, 9.17) is 0 Å². The van der Waals surface area contributed by atoms with E-state index in [0.29, 0.717) is 6.54 Å². The molecule has 0 aliphatic carbocycles. The van der Waals surface area contributed by atoms with Crippen LogP contribution in [0.2, 0.25) is 0 Å². The molecular weight excluding hydrogens is 476 g/mol. The van der Waals surface area contributed by atoms with Crippen LogP contribution in [0.4, 0.5) is 0 Å². The molecule has 0 saturated carbocycles. The van der Waals surface area contributed by atoms with E-state index in [1.165, 1.54) is 6.26 Å². The quantitative estimate of drug-likeness (QED) is 0.385. The molecule has 3 fully saturated rings. The molecule has 3 aliphatic heterocycles. The van der Waals surface area contributed by atoms with Gasteiger partial charge in [-0.2, -0.15) is 0 Å². The van der Waals surface area contributed by atoms with Gasteiger partial charge in [-0.15, -0.1) is 0 Å². The molecule has 2 N–H and O–H groups in total. The molecule has 0 unspecified atom stereocenters. The molecule has 3 aliphatic rings. The summed E-state index contributed by atoms with van der Waals surface area (Å²) in [5.41, 5.74) is 0.802. The molecule has 7 heteroatoms. The van der Waals surface area contributed by atoms with E-state index < -0.39 is 15.6 Å². The third-order valence-corrected chi connectivity index (χ3v) is 8.25. The Kier molecular flexibility index (Phi) is 7.33. The highest BCUT2D eigenvalue weighted by molar-refractivity contribution is 7.88. The predicted molar refractivity (Wildman–Crippen MR) is 119 cm³/mol. The third-order valence-electron chi connectivity index (χ3n) is 7.52. The number of rotatable bonds is 8. The van der Waals surface area contributed by atoms with E-state index in [1.807, 2.05) is 36.4 Å². The van der Waals surface area contributed by atoms with Crippen molar-refractivity contribution in [1.82, 2.24) is 4.72 Å². The number of benzene rings is 2. The highest BCUT2D eigenvalue weighted by Gasteiger charge is 2.60. The zero-order valence-corrected chi connectivity index (χ0v) is 20.5. The Balaban J connectivity index is 0.00000272. The lowest BCUT2D eigenvalue weighted by atomic mass is 9.56. The van der Waals surface area contributed by atoms with E-state index in [2.05, 4.69) is 29.0 Å². The van der Waals surface area contributed by atoms with Crippen LogP contribution in [-0.4, -0.2) is 57.0 Å². The second-order valence-electron chi connectivity index (χ2n) is 9.23. The fourth-order valence-corrected chi connectivity index (χ4v) is 6.27. The number of piperidine rings is 3. The van der Waals surface area contributed by atoms with E-state index in [9.17, 15) is 13.5 Å². The van der Waals surface area contributed by atoms with Gasteiger partial charge in [0.2, 0.25) is 10.0 Å². The minimum atomic E-state index is -3.12. The Morgan fingerprint density at radius 2 is 1.39 bits per heavy atom. The second kappa shape index (κ2) is 9.32. The number of nitrogens with one attached hydrogen (secondary N) is 1. The van der Waals surface area contributed by atoms with Crippen LogP contribution in [0.3, 0.4) is 0 Å². The van der Waals surface area contributed by atoms with Crippen LogP contribution in [0, 0.1) is 5.41 Å². The van der Waals surface area contributed by atoms with Crippen LogP contribution >= 0.6 is 0 Å². The summed E-state index contributed by atoms with van der Waals surface area (Å²) >= 11 is 0. The molecule has 0 amide bonds. The van der Waals surface area contributed by atoms with Gasteiger partial charge in [-0.3, -0.25) is 0 Å². The van der Waals surface area contributed by atoms with E-state index in [0.717, 1.165) is 67.5 Å². The molecule has 170 valence electrons. The van der Waals surface area contributed by atoms with Crippen molar-refractivity contribution >= 4 is 10.0 Å². The second-order valence-corrected chi connectivity index (χ2v) is 11.1. The lowest BCUT2D eigenvalue weighted by molar-refractivity contribution is -0.946. The van der Waals surface area contributed by atoms with Crippen molar-refractivity contribution in [3.63, 3.8) is 0 Å². The van der Waals surface area contributed by atoms with Crippen molar-refractivity contribution in [2.45, 2.75) is 31.3 Å². The first-order valence-electron chi connectivity index (χ1n) is 10.9. The molecule has 5 nitrogen and oxygen atoms in total. The maximum Gasteiger partial charge on any atom is 0.208 e. The summed E-state index contributed by atoms with van der Waals surface area (Å²) in [6, 6.07) is 20.3. The summed E-state index contributed by atoms with van der Waals surface area (Å²) in [7, 11) is -3.12. The summed E-state index contributed by atoms with van der Waals surface area (Å²) < 4.78 is 26.3. The maximum absolute atomic E-state index is 12.4. The fraction of sp³-hybridized carbons (Fsp3) is 0.500. The predicted octanol–water partition coefficient (Wildman–Crippen LogP) is -0.133. The van der Waals surface area contributed by atoms with Crippen molar-refractivity contribution in [2.75, 3.05) is 39.0 Å². The molecule has 0 atom stereocenters. The van der Waals surface area contributed by atoms with Gasteiger partial charge < -0.3 is 26.6 Å². The molecule has 0 spiro atoms. The van der Waals surface area contributed by atoms with Gasteiger partial charge in [-0.25, -0.2) is 13.1 Å². The summed E-state index contributed by atoms with van der Waals surface area (Å²) in [6.45, 7) is 4.62. The summed E-state index contributed by atoms with van der Waals surface area (Å²) in [5, 5.41) is 12.4. The molecule has 2 bridgehead atoms. The van der Waals surface area contributed by atoms with Gasteiger partial charge >= 0.3 is 0 Å². The zero-order chi connectivity index (χ0) is 21.3. The van der Waals surface area contributed by atoms with Crippen LogP contribution in [0.5, 0.6) is 0 Å². The number of fused-ring (bicyclic) bond motifs is 3. The molecule has 3 saturated heterocycles. The normalized spacial score (nSPS) is 25.7. The molecule has 5 rings (SSSR count). The van der Waals surface area contributed by atoms with Crippen LogP contribution in [0.25, 0.3) is 0 Å². The Labute approximate surface area is 196 Å². The summed E-state index contributed by atoms with van der Waals surface area (Å²) in [4.78, 5) is 0. The van der Waals surface area contributed by atoms with Gasteiger partial charge in [0.05, 0.1) is 32.4 Å². The average Bonchev–Trinajstić information content (AvgIpc) is 2.78. The topological polar surface area (TPSA) is 66.4 Å². The third kappa shape index (κ3) is 4.76. The lowest BCUT2D eigenvalue weighted by Gasteiger charge is -2.60. The molecule has 3 heterocycles. The Hall–Kier alpha value is -1.25. The van der Waals surface area contributed by atoms with Gasteiger partial charge in [-0.1, -0.05) is 60.7 Å². The minimum Gasteiger partial charge on any atom is -1.00 e. The van der Waals surface area contributed by atoms with Gasteiger partial charge in [0.1, 0.15) is 5.60 Å². The molecule has 0 radical (unpaired) electrons. The molecule has 31 heavy (non-hydrogen) atoms. The van der Waals surface area contributed by atoms with Crippen LogP contribution in [0.15, 0.2) is 60.7 Å². The van der Waals surface area contributed by atoms with Gasteiger partial charge in [-0.05, 0) is 11.1 Å². The van der Waals surface area contributed by atoms with Gasteiger partial charge in [0, 0.05) is 37.6 Å². The largest absolute Gasteiger partial charge is 1.00 e. The zero-order valence-electron chi connectivity index (χ0n) is 18.1. The van der Waals surface area contributed by atoms with Crippen molar-refractivity contribution < 1.29 is 35.0 Å². The number of nitrogens with zero attached hydrogens (tertiary/aromatic N) is 1. The monoisotopic (exact) mass is 508 g/mol. The van der Waals surface area contributed by atoms with Crippen LogP contribution in [-0.2, 0) is 15.6 Å².